The van der Waals surface area contributed by atoms with Crippen molar-refractivity contribution in [3.05, 3.63) is 70.2 Å². The number of anilines is 1. The van der Waals surface area contributed by atoms with Gasteiger partial charge in [0, 0.05) is 22.8 Å². The maximum Gasteiger partial charge on any atom is 0.471 e. The van der Waals surface area contributed by atoms with Crippen molar-refractivity contribution in [2.45, 2.75) is 12.7 Å². The standard InChI is InChI=1S/C18H14BrF3N2O2/c19-14-6-3-4-12(10-14)8-9-16(25)24-15-7-2-1-5-13(15)11-23-17(26)18(20,21)22/h1-10H,11H2,(H,23,26)(H,24,25)/b9-8+. The molecule has 0 aliphatic rings. The highest BCUT2D eigenvalue weighted by atomic mass is 79.9. The fourth-order valence-corrected chi connectivity index (χ4v) is 2.45. The molecule has 2 N–H and O–H groups in total. The lowest BCUT2D eigenvalue weighted by Crippen LogP contribution is -2.36. The molecule has 0 aromatic heterocycles. The number of alkyl halides is 3. The fraction of sp³-hybridized carbons (Fsp3) is 0.111. The highest BCUT2D eigenvalue weighted by Gasteiger charge is 2.38. The Kier molecular flexibility index (Phi) is 6.57. The smallest absolute Gasteiger partial charge is 0.344 e. The normalized spacial score (nSPS) is 11.4. The van der Waals surface area contributed by atoms with Crippen LogP contribution in [0.1, 0.15) is 11.1 Å². The van der Waals surface area contributed by atoms with Crippen LogP contribution in [-0.4, -0.2) is 18.0 Å². The van der Waals surface area contributed by atoms with E-state index in [0.717, 1.165) is 10.0 Å². The van der Waals surface area contributed by atoms with Crippen molar-refractivity contribution < 1.29 is 22.8 Å². The van der Waals surface area contributed by atoms with Gasteiger partial charge >= 0.3 is 12.1 Å². The number of para-hydroxylation sites is 1. The van der Waals surface area contributed by atoms with Crippen molar-refractivity contribution >= 4 is 39.5 Å². The van der Waals surface area contributed by atoms with Gasteiger partial charge in [0.05, 0.1) is 0 Å². The average molecular weight is 427 g/mol. The quantitative estimate of drug-likeness (QED) is 0.701. The number of hydrogen-bond donors (Lipinski definition) is 2. The number of amides is 2. The molecule has 2 rings (SSSR count). The van der Waals surface area contributed by atoms with Gasteiger partial charge in [-0.15, -0.1) is 0 Å². The molecule has 2 amide bonds. The summed E-state index contributed by atoms with van der Waals surface area (Å²) in [5, 5.41) is 4.37. The van der Waals surface area contributed by atoms with Crippen LogP contribution in [0.5, 0.6) is 0 Å². The van der Waals surface area contributed by atoms with E-state index >= 15 is 0 Å². The van der Waals surface area contributed by atoms with E-state index in [1.807, 2.05) is 24.3 Å². The summed E-state index contributed by atoms with van der Waals surface area (Å²) in [4.78, 5) is 23.0. The second kappa shape index (κ2) is 8.66. The molecule has 0 saturated heterocycles. The van der Waals surface area contributed by atoms with E-state index < -0.39 is 18.0 Å². The molecular formula is C18H14BrF3N2O2. The molecule has 2 aromatic rings. The van der Waals surface area contributed by atoms with Crippen molar-refractivity contribution in [3.63, 3.8) is 0 Å². The zero-order valence-corrected chi connectivity index (χ0v) is 14.9. The number of rotatable bonds is 5. The third kappa shape index (κ3) is 6.03. The van der Waals surface area contributed by atoms with Crippen molar-refractivity contribution in [2.75, 3.05) is 5.32 Å². The SMILES string of the molecule is O=C(/C=C/c1cccc(Br)c1)Nc1ccccc1CNC(=O)C(F)(F)F. The Labute approximate surface area is 156 Å². The van der Waals surface area contributed by atoms with E-state index in [2.05, 4.69) is 21.2 Å². The first-order valence-corrected chi connectivity index (χ1v) is 8.22. The lowest BCUT2D eigenvalue weighted by molar-refractivity contribution is -0.173. The van der Waals surface area contributed by atoms with Crippen LogP contribution >= 0.6 is 15.9 Å². The predicted molar refractivity (Wildman–Crippen MR) is 96.1 cm³/mol. The zero-order chi connectivity index (χ0) is 19.2. The molecule has 0 saturated carbocycles. The van der Waals surface area contributed by atoms with Gasteiger partial charge in [-0.05, 0) is 35.4 Å². The Morgan fingerprint density at radius 1 is 1.08 bits per heavy atom. The summed E-state index contributed by atoms with van der Waals surface area (Å²) in [7, 11) is 0. The maximum atomic E-state index is 12.3. The molecule has 0 atom stereocenters. The summed E-state index contributed by atoms with van der Waals surface area (Å²) in [6, 6.07) is 13.6. The van der Waals surface area contributed by atoms with Crippen LogP contribution in [0.4, 0.5) is 18.9 Å². The Bertz CT molecular complexity index is 835. The summed E-state index contributed by atoms with van der Waals surface area (Å²) in [6.07, 6.45) is -2.04. The summed E-state index contributed by atoms with van der Waals surface area (Å²) >= 11 is 3.33. The summed E-state index contributed by atoms with van der Waals surface area (Å²) in [5.41, 5.74) is 1.48. The van der Waals surface area contributed by atoms with Crippen LogP contribution in [0.25, 0.3) is 6.08 Å². The summed E-state index contributed by atoms with van der Waals surface area (Å²) in [5.74, 6) is -2.48. The first kappa shape index (κ1) is 19.7. The Hall–Kier alpha value is -2.61. The molecule has 0 fully saturated rings. The second-order valence-electron chi connectivity index (χ2n) is 5.22. The predicted octanol–water partition coefficient (Wildman–Crippen LogP) is 4.28. The van der Waals surface area contributed by atoms with Crippen molar-refractivity contribution in [1.29, 1.82) is 0 Å². The highest BCUT2D eigenvalue weighted by Crippen LogP contribution is 2.18. The van der Waals surface area contributed by atoms with Gasteiger partial charge in [-0.2, -0.15) is 13.2 Å². The van der Waals surface area contributed by atoms with Crippen molar-refractivity contribution in [2.24, 2.45) is 0 Å². The molecule has 0 heterocycles. The monoisotopic (exact) mass is 426 g/mol. The minimum Gasteiger partial charge on any atom is -0.344 e. The number of halogens is 4. The molecule has 0 spiro atoms. The molecule has 0 aliphatic heterocycles. The average Bonchev–Trinajstić information content (AvgIpc) is 2.58. The van der Waals surface area contributed by atoms with Gasteiger partial charge in [0.1, 0.15) is 0 Å². The first-order chi connectivity index (χ1) is 12.3. The van der Waals surface area contributed by atoms with E-state index in [9.17, 15) is 22.8 Å². The molecule has 0 bridgehead atoms. The fourth-order valence-electron chi connectivity index (χ4n) is 2.03. The van der Waals surface area contributed by atoms with Crippen molar-refractivity contribution in [1.82, 2.24) is 5.32 Å². The van der Waals surface area contributed by atoms with Crippen LogP contribution in [0.15, 0.2) is 59.1 Å². The number of carbonyl (C=O) groups excluding carboxylic acids is 2. The van der Waals surface area contributed by atoms with Gasteiger partial charge in [-0.25, -0.2) is 0 Å². The Morgan fingerprint density at radius 3 is 2.50 bits per heavy atom. The molecule has 8 heteroatoms. The Balaban J connectivity index is 2.03. The van der Waals surface area contributed by atoms with E-state index in [1.54, 1.807) is 29.6 Å². The third-order valence-corrected chi connectivity index (χ3v) is 3.74. The lowest BCUT2D eigenvalue weighted by Gasteiger charge is -2.12. The van der Waals surface area contributed by atoms with Gasteiger partial charge in [0.15, 0.2) is 0 Å². The van der Waals surface area contributed by atoms with E-state index in [1.165, 1.54) is 12.1 Å². The Morgan fingerprint density at radius 2 is 1.81 bits per heavy atom. The van der Waals surface area contributed by atoms with Crippen molar-refractivity contribution in [3.8, 4) is 0 Å². The second-order valence-corrected chi connectivity index (χ2v) is 6.13. The molecular weight excluding hydrogens is 413 g/mol. The van der Waals surface area contributed by atoms with Gasteiger partial charge < -0.3 is 10.6 Å². The first-order valence-electron chi connectivity index (χ1n) is 7.43. The molecule has 136 valence electrons. The minimum atomic E-state index is -4.95. The maximum absolute atomic E-state index is 12.3. The molecule has 0 radical (unpaired) electrons. The molecule has 4 nitrogen and oxygen atoms in total. The van der Waals surface area contributed by atoms with Crippen LogP contribution in [0, 0.1) is 0 Å². The number of benzene rings is 2. The highest BCUT2D eigenvalue weighted by molar-refractivity contribution is 9.10. The van der Waals surface area contributed by atoms with E-state index in [-0.39, 0.29) is 6.54 Å². The zero-order valence-electron chi connectivity index (χ0n) is 13.3. The van der Waals surface area contributed by atoms with Crippen LogP contribution in [-0.2, 0) is 16.1 Å². The summed E-state index contributed by atoms with van der Waals surface area (Å²) < 4.78 is 37.6. The number of nitrogens with one attached hydrogen (secondary N) is 2. The van der Waals surface area contributed by atoms with Gasteiger partial charge in [0.2, 0.25) is 5.91 Å². The van der Waals surface area contributed by atoms with E-state index in [0.29, 0.717) is 11.3 Å². The number of hydrogen-bond acceptors (Lipinski definition) is 2. The molecule has 0 unspecified atom stereocenters. The topological polar surface area (TPSA) is 58.2 Å². The van der Waals surface area contributed by atoms with Crippen LogP contribution in [0.2, 0.25) is 0 Å². The largest absolute Gasteiger partial charge is 0.471 e. The molecule has 2 aromatic carbocycles. The number of carbonyl (C=O) groups is 2. The lowest BCUT2D eigenvalue weighted by atomic mass is 10.1. The summed E-state index contributed by atoms with van der Waals surface area (Å²) in [6.45, 7) is -0.357. The third-order valence-electron chi connectivity index (χ3n) is 3.25. The van der Waals surface area contributed by atoms with Crippen LogP contribution in [0.3, 0.4) is 0 Å². The van der Waals surface area contributed by atoms with Gasteiger partial charge in [-0.1, -0.05) is 46.3 Å². The molecule has 0 aliphatic carbocycles. The van der Waals surface area contributed by atoms with Gasteiger partial charge in [0.25, 0.3) is 0 Å². The molecule has 26 heavy (non-hydrogen) atoms. The van der Waals surface area contributed by atoms with E-state index in [4.69, 9.17) is 0 Å². The van der Waals surface area contributed by atoms with Gasteiger partial charge in [-0.3, -0.25) is 9.59 Å². The minimum absolute atomic E-state index is 0.318. The van der Waals surface area contributed by atoms with Crippen LogP contribution < -0.4 is 10.6 Å².